The van der Waals surface area contributed by atoms with Crippen molar-refractivity contribution in [3.8, 4) is 0 Å². The van der Waals surface area contributed by atoms with E-state index < -0.39 is 0 Å². The molecule has 0 spiro atoms. The Kier molecular flexibility index (Phi) is 3.11. The topological polar surface area (TPSA) is 12.0 Å². The van der Waals surface area contributed by atoms with Gasteiger partial charge in [-0.25, -0.2) is 0 Å². The van der Waals surface area contributed by atoms with Crippen molar-refractivity contribution in [2.24, 2.45) is 0 Å². The third-order valence-electron chi connectivity index (χ3n) is 3.53. The van der Waals surface area contributed by atoms with E-state index in [-0.39, 0.29) is 6.04 Å². The zero-order chi connectivity index (χ0) is 12.5. The lowest BCUT2D eigenvalue weighted by atomic mass is 9.87. The molecule has 0 bridgehead atoms. The van der Waals surface area contributed by atoms with Crippen LogP contribution in [0.25, 0.3) is 0 Å². The zero-order valence-corrected chi connectivity index (χ0v) is 11.1. The largest absolute Gasteiger partial charge is 0.303 e. The Morgan fingerprint density at radius 3 is 2.67 bits per heavy atom. The molecule has 18 heavy (non-hydrogen) atoms. The van der Waals surface area contributed by atoms with Crippen molar-refractivity contribution >= 4 is 11.6 Å². The Balaban J connectivity index is 2.09. The molecule has 0 radical (unpaired) electrons. The van der Waals surface area contributed by atoms with E-state index in [1.54, 1.807) is 0 Å². The second-order valence-corrected chi connectivity index (χ2v) is 5.40. The molecule has 1 aliphatic rings. The predicted molar refractivity (Wildman–Crippen MR) is 76.0 cm³/mol. The third-order valence-corrected chi connectivity index (χ3v) is 3.76. The molecule has 1 aliphatic heterocycles. The van der Waals surface area contributed by atoms with E-state index in [2.05, 4.69) is 54.7 Å². The first-order valence-corrected chi connectivity index (χ1v) is 6.71. The van der Waals surface area contributed by atoms with E-state index >= 15 is 0 Å². The van der Waals surface area contributed by atoms with Crippen LogP contribution in [0.3, 0.4) is 0 Å². The normalized spacial score (nSPS) is 22.6. The Morgan fingerprint density at radius 1 is 1.11 bits per heavy atom. The number of fused-ring (bicyclic) bond motifs is 1. The summed E-state index contributed by atoms with van der Waals surface area (Å²) < 4.78 is 0. The molecule has 0 aliphatic carbocycles. The summed E-state index contributed by atoms with van der Waals surface area (Å²) >= 11 is 6.14. The number of hydrogen-bond donors (Lipinski definition) is 1. The standard InChI is InChI=1S/C16H16ClN/c1-11-9-13-7-8-14(17)10-15(13)16(18-11)12-5-3-2-4-6-12/h2-8,10-11,16,18H,9H2,1H3. The first kappa shape index (κ1) is 11.8. The van der Waals surface area contributed by atoms with Gasteiger partial charge < -0.3 is 5.32 Å². The van der Waals surface area contributed by atoms with Crippen LogP contribution in [-0.4, -0.2) is 6.04 Å². The highest BCUT2D eigenvalue weighted by molar-refractivity contribution is 6.30. The van der Waals surface area contributed by atoms with Gasteiger partial charge in [-0.15, -0.1) is 0 Å². The molecule has 1 N–H and O–H groups in total. The zero-order valence-electron chi connectivity index (χ0n) is 10.4. The van der Waals surface area contributed by atoms with Crippen molar-refractivity contribution in [1.82, 2.24) is 5.32 Å². The molecule has 2 atom stereocenters. The molecule has 0 aromatic heterocycles. The maximum absolute atomic E-state index is 6.14. The van der Waals surface area contributed by atoms with Crippen molar-refractivity contribution in [3.05, 3.63) is 70.2 Å². The minimum Gasteiger partial charge on any atom is -0.303 e. The van der Waals surface area contributed by atoms with Gasteiger partial charge in [0, 0.05) is 11.1 Å². The highest BCUT2D eigenvalue weighted by Crippen LogP contribution is 2.32. The first-order chi connectivity index (χ1) is 8.74. The van der Waals surface area contributed by atoms with Crippen LogP contribution >= 0.6 is 11.6 Å². The van der Waals surface area contributed by atoms with Crippen molar-refractivity contribution in [3.63, 3.8) is 0 Å². The van der Waals surface area contributed by atoms with Crippen molar-refractivity contribution < 1.29 is 0 Å². The quantitative estimate of drug-likeness (QED) is 0.815. The van der Waals surface area contributed by atoms with Crippen LogP contribution < -0.4 is 5.32 Å². The van der Waals surface area contributed by atoms with Gasteiger partial charge in [0.1, 0.15) is 0 Å². The number of nitrogens with one attached hydrogen (secondary N) is 1. The van der Waals surface area contributed by atoms with Crippen LogP contribution in [0.5, 0.6) is 0 Å². The van der Waals surface area contributed by atoms with Crippen LogP contribution in [0.2, 0.25) is 5.02 Å². The van der Waals surface area contributed by atoms with Crippen molar-refractivity contribution in [1.29, 1.82) is 0 Å². The Hall–Kier alpha value is -1.31. The molecule has 0 saturated carbocycles. The van der Waals surface area contributed by atoms with Crippen LogP contribution in [-0.2, 0) is 6.42 Å². The lowest BCUT2D eigenvalue weighted by Gasteiger charge is -2.32. The molecule has 1 heterocycles. The van der Waals surface area contributed by atoms with Gasteiger partial charge in [-0.2, -0.15) is 0 Å². The first-order valence-electron chi connectivity index (χ1n) is 6.33. The number of hydrogen-bond acceptors (Lipinski definition) is 1. The monoisotopic (exact) mass is 257 g/mol. The number of halogens is 1. The summed E-state index contributed by atoms with van der Waals surface area (Å²) in [7, 11) is 0. The molecular formula is C16H16ClN. The molecule has 0 amide bonds. The lowest BCUT2D eigenvalue weighted by molar-refractivity contribution is 0.464. The third kappa shape index (κ3) is 2.16. The maximum Gasteiger partial charge on any atom is 0.0582 e. The van der Waals surface area contributed by atoms with Gasteiger partial charge in [-0.1, -0.05) is 48.0 Å². The van der Waals surface area contributed by atoms with E-state index in [0.29, 0.717) is 6.04 Å². The van der Waals surface area contributed by atoms with Crippen LogP contribution in [0, 0.1) is 0 Å². The second-order valence-electron chi connectivity index (χ2n) is 4.96. The molecular weight excluding hydrogens is 242 g/mol. The smallest absolute Gasteiger partial charge is 0.0582 e. The summed E-state index contributed by atoms with van der Waals surface area (Å²) in [5.41, 5.74) is 4.01. The lowest BCUT2D eigenvalue weighted by Crippen LogP contribution is -2.37. The number of benzene rings is 2. The molecule has 1 nitrogen and oxygen atoms in total. The molecule has 0 fully saturated rings. The van der Waals surface area contributed by atoms with Crippen LogP contribution in [0.4, 0.5) is 0 Å². The van der Waals surface area contributed by atoms with E-state index in [0.717, 1.165) is 11.4 Å². The Bertz CT molecular complexity index is 550. The predicted octanol–water partition coefficient (Wildman–Crippen LogP) is 3.96. The molecule has 2 heteroatoms. The van der Waals surface area contributed by atoms with Crippen LogP contribution in [0.1, 0.15) is 29.7 Å². The van der Waals surface area contributed by atoms with Gasteiger partial charge >= 0.3 is 0 Å². The van der Waals surface area contributed by atoms with E-state index in [1.165, 1.54) is 16.7 Å². The van der Waals surface area contributed by atoms with Gasteiger partial charge in [-0.05, 0) is 42.2 Å². The van der Waals surface area contributed by atoms with Gasteiger partial charge in [0.25, 0.3) is 0 Å². The Morgan fingerprint density at radius 2 is 1.89 bits per heavy atom. The summed E-state index contributed by atoms with van der Waals surface area (Å²) in [5.74, 6) is 0. The number of rotatable bonds is 1. The second kappa shape index (κ2) is 4.75. The fourth-order valence-corrected chi connectivity index (χ4v) is 2.89. The average Bonchev–Trinajstić information content (AvgIpc) is 2.39. The average molecular weight is 258 g/mol. The fourth-order valence-electron chi connectivity index (χ4n) is 2.70. The molecule has 3 rings (SSSR count). The highest BCUT2D eigenvalue weighted by atomic mass is 35.5. The summed E-state index contributed by atoms with van der Waals surface area (Å²) in [6.07, 6.45) is 1.07. The summed E-state index contributed by atoms with van der Waals surface area (Å²) in [6, 6.07) is 17.5. The van der Waals surface area contributed by atoms with E-state index in [4.69, 9.17) is 11.6 Å². The minimum absolute atomic E-state index is 0.253. The van der Waals surface area contributed by atoms with Gasteiger partial charge in [0.2, 0.25) is 0 Å². The van der Waals surface area contributed by atoms with Crippen LogP contribution in [0.15, 0.2) is 48.5 Å². The SMILES string of the molecule is CC1Cc2ccc(Cl)cc2C(c2ccccc2)N1. The van der Waals surface area contributed by atoms with Gasteiger partial charge in [0.05, 0.1) is 6.04 Å². The van der Waals surface area contributed by atoms with Gasteiger partial charge in [-0.3, -0.25) is 0 Å². The summed E-state index contributed by atoms with van der Waals surface area (Å²) in [4.78, 5) is 0. The molecule has 2 aromatic rings. The highest BCUT2D eigenvalue weighted by Gasteiger charge is 2.24. The Labute approximate surface area is 113 Å². The summed E-state index contributed by atoms with van der Waals surface area (Å²) in [5, 5.41) is 4.47. The molecule has 92 valence electrons. The maximum atomic E-state index is 6.14. The van der Waals surface area contributed by atoms with Gasteiger partial charge in [0.15, 0.2) is 0 Å². The van der Waals surface area contributed by atoms with Crippen molar-refractivity contribution in [2.45, 2.75) is 25.4 Å². The molecule has 2 aromatic carbocycles. The van der Waals surface area contributed by atoms with E-state index in [1.807, 2.05) is 6.07 Å². The molecule has 0 saturated heterocycles. The van der Waals surface area contributed by atoms with Crippen molar-refractivity contribution in [2.75, 3.05) is 0 Å². The van der Waals surface area contributed by atoms with E-state index in [9.17, 15) is 0 Å². The molecule has 2 unspecified atom stereocenters. The fraction of sp³-hybridized carbons (Fsp3) is 0.250. The summed E-state index contributed by atoms with van der Waals surface area (Å²) in [6.45, 7) is 2.23. The minimum atomic E-state index is 0.253.